The van der Waals surface area contributed by atoms with Crippen molar-refractivity contribution in [2.24, 2.45) is 0 Å². The van der Waals surface area contributed by atoms with Crippen LogP contribution in [0.1, 0.15) is 5.56 Å². The molecule has 1 aromatic carbocycles. The number of rotatable bonds is 5. The van der Waals surface area contributed by atoms with Gasteiger partial charge in [-0.05, 0) is 17.7 Å². The zero-order chi connectivity index (χ0) is 16.1. The van der Waals surface area contributed by atoms with Crippen LogP contribution in [0, 0.1) is 5.82 Å². The standard InChI is InChI=1S/C14H13ClFN3O3/c1-22-14(21)8-19-7-11(6-17-19)18-13(20)4-9-2-3-10(16)5-12(9)15/h2-3,5-7H,4,8H2,1H3,(H,18,20). The van der Waals surface area contributed by atoms with Crippen molar-refractivity contribution >= 4 is 29.2 Å². The summed E-state index contributed by atoms with van der Waals surface area (Å²) >= 11 is 5.87. The second kappa shape index (κ2) is 7.04. The molecule has 0 saturated heterocycles. The zero-order valence-electron chi connectivity index (χ0n) is 11.7. The Morgan fingerprint density at radius 1 is 1.45 bits per heavy atom. The van der Waals surface area contributed by atoms with Gasteiger partial charge in [0.05, 0.1) is 25.4 Å². The van der Waals surface area contributed by atoms with Crippen LogP contribution in [0.3, 0.4) is 0 Å². The van der Waals surface area contributed by atoms with Crippen LogP contribution in [-0.2, 0) is 27.3 Å². The Hall–Kier alpha value is -2.41. The van der Waals surface area contributed by atoms with Crippen LogP contribution in [0.25, 0.3) is 0 Å². The van der Waals surface area contributed by atoms with Gasteiger partial charge < -0.3 is 10.1 Å². The molecule has 0 bridgehead atoms. The summed E-state index contributed by atoms with van der Waals surface area (Å²) in [5.41, 5.74) is 0.953. The van der Waals surface area contributed by atoms with E-state index in [1.807, 2.05) is 0 Å². The number of hydrogen-bond acceptors (Lipinski definition) is 4. The van der Waals surface area contributed by atoms with Crippen LogP contribution in [0.2, 0.25) is 5.02 Å². The third-order valence-corrected chi connectivity index (χ3v) is 3.15. The number of aromatic nitrogens is 2. The van der Waals surface area contributed by atoms with Crippen LogP contribution in [0.4, 0.5) is 10.1 Å². The van der Waals surface area contributed by atoms with Gasteiger partial charge in [0.25, 0.3) is 0 Å². The first-order valence-electron chi connectivity index (χ1n) is 6.31. The maximum absolute atomic E-state index is 12.9. The minimum atomic E-state index is -0.460. The number of benzene rings is 1. The van der Waals surface area contributed by atoms with E-state index in [9.17, 15) is 14.0 Å². The Morgan fingerprint density at radius 3 is 2.91 bits per heavy atom. The van der Waals surface area contributed by atoms with Crippen LogP contribution in [-0.4, -0.2) is 28.8 Å². The Bertz CT molecular complexity index is 702. The summed E-state index contributed by atoms with van der Waals surface area (Å²) in [6.07, 6.45) is 2.91. The van der Waals surface area contributed by atoms with Crippen molar-refractivity contribution in [3.8, 4) is 0 Å². The van der Waals surface area contributed by atoms with Crippen LogP contribution in [0.5, 0.6) is 0 Å². The van der Waals surface area contributed by atoms with E-state index in [1.165, 1.54) is 36.3 Å². The Balaban J connectivity index is 1.96. The number of nitrogens with zero attached hydrogens (tertiary/aromatic N) is 2. The average molecular weight is 326 g/mol. The number of ether oxygens (including phenoxy) is 1. The van der Waals surface area contributed by atoms with Gasteiger partial charge in [-0.2, -0.15) is 5.10 Å². The molecule has 1 N–H and O–H groups in total. The minimum absolute atomic E-state index is 0.00128. The van der Waals surface area contributed by atoms with Gasteiger partial charge in [-0.3, -0.25) is 14.3 Å². The van der Waals surface area contributed by atoms with Gasteiger partial charge in [0.2, 0.25) is 5.91 Å². The number of methoxy groups -OCH3 is 1. The summed E-state index contributed by atoms with van der Waals surface area (Å²) in [5, 5.41) is 6.73. The maximum Gasteiger partial charge on any atom is 0.327 e. The quantitative estimate of drug-likeness (QED) is 0.854. The molecule has 0 fully saturated rings. The second-order valence-corrected chi connectivity index (χ2v) is 4.87. The fourth-order valence-electron chi connectivity index (χ4n) is 1.75. The Morgan fingerprint density at radius 2 is 2.23 bits per heavy atom. The molecule has 0 aliphatic carbocycles. The number of carbonyl (C=O) groups is 2. The molecule has 1 amide bonds. The molecule has 0 spiro atoms. The van der Waals surface area contributed by atoms with Gasteiger partial charge in [-0.25, -0.2) is 4.39 Å². The van der Waals surface area contributed by atoms with Crippen molar-refractivity contribution in [1.82, 2.24) is 9.78 Å². The maximum atomic E-state index is 12.9. The summed E-state index contributed by atoms with van der Waals surface area (Å²) < 4.78 is 18.8. The van der Waals surface area contributed by atoms with Crippen LogP contribution >= 0.6 is 11.6 Å². The molecule has 0 aliphatic heterocycles. The number of halogens is 2. The largest absolute Gasteiger partial charge is 0.468 e. The van der Waals surface area contributed by atoms with Gasteiger partial charge in [0, 0.05) is 11.2 Å². The van der Waals surface area contributed by atoms with Crippen LogP contribution in [0.15, 0.2) is 30.6 Å². The van der Waals surface area contributed by atoms with E-state index in [2.05, 4.69) is 15.2 Å². The fraction of sp³-hybridized carbons (Fsp3) is 0.214. The molecule has 0 atom stereocenters. The lowest BCUT2D eigenvalue weighted by Gasteiger charge is -2.05. The lowest BCUT2D eigenvalue weighted by molar-refractivity contribution is -0.141. The molecule has 0 unspecified atom stereocenters. The highest BCUT2D eigenvalue weighted by Gasteiger charge is 2.10. The zero-order valence-corrected chi connectivity index (χ0v) is 12.4. The summed E-state index contributed by atoms with van der Waals surface area (Å²) in [5.74, 6) is -1.23. The molecule has 1 aromatic heterocycles. The summed E-state index contributed by atoms with van der Waals surface area (Å²) in [4.78, 5) is 23.0. The lowest BCUT2D eigenvalue weighted by Crippen LogP contribution is -2.14. The molecule has 0 aliphatic rings. The average Bonchev–Trinajstić information content (AvgIpc) is 2.88. The van der Waals surface area contributed by atoms with Crippen molar-refractivity contribution in [1.29, 1.82) is 0 Å². The lowest BCUT2D eigenvalue weighted by atomic mass is 10.1. The summed E-state index contributed by atoms with van der Waals surface area (Å²) in [6, 6.07) is 3.85. The van der Waals surface area contributed by atoms with Gasteiger partial charge in [0.15, 0.2) is 0 Å². The molecule has 2 rings (SSSR count). The van der Waals surface area contributed by atoms with E-state index >= 15 is 0 Å². The molecule has 2 aromatic rings. The molecule has 8 heteroatoms. The number of anilines is 1. The third kappa shape index (κ3) is 4.29. The van der Waals surface area contributed by atoms with E-state index in [4.69, 9.17) is 11.6 Å². The van der Waals surface area contributed by atoms with E-state index in [0.717, 1.165) is 6.07 Å². The van der Waals surface area contributed by atoms with Gasteiger partial charge >= 0.3 is 5.97 Å². The predicted molar refractivity (Wildman–Crippen MR) is 78.0 cm³/mol. The normalized spacial score (nSPS) is 10.3. The highest BCUT2D eigenvalue weighted by atomic mass is 35.5. The Kier molecular flexibility index (Phi) is 5.11. The second-order valence-electron chi connectivity index (χ2n) is 4.46. The van der Waals surface area contributed by atoms with Crippen molar-refractivity contribution in [3.05, 3.63) is 47.0 Å². The molecule has 0 radical (unpaired) electrons. The molecule has 0 saturated carbocycles. The smallest absolute Gasteiger partial charge is 0.327 e. The van der Waals surface area contributed by atoms with Crippen molar-refractivity contribution < 1.29 is 18.7 Å². The fourth-order valence-corrected chi connectivity index (χ4v) is 1.99. The summed E-state index contributed by atoms with van der Waals surface area (Å²) in [6.45, 7) is -0.0455. The highest BCUT2D eigenvalue weighted by molar-refractivity contribution is 6.31. The first kappa shape index (κ1) is 16.0. The first-order valence-corrected chi connectivity index (χ1v) is 6.69. The SMILES string of the molecule is COC(=O)Cn1cc(NC(=O)Cc2ccc(F)cc2Cl)cn1. The van der Waals surface area contributed by atoms with E-state index in [1.54, 1.807) is 0 Å². The molecule has 6 nitrogen and oxygen atoms in total. The number of esters is 1. The van der Waals surface area contributed by atoms with Gasteiger partial charge in [-0.15, -0.1) is 0 Å². The molecule has 1 heterocycles. The molecular weight excluding hydrogens is 313 g/mol. The van der Waals surface area contributed by atoms with E-state index < -0.39 is 11.8 Å². The van der Waals surface area contributed by atoms with Crippen molar-refractivity contribution in [3.63, 3.8) is 0 Å². The van der Waals surface area contributed by atoms with Gasteiger partial charge in [0.1, 0.15) is 12.4 Å². The van der Waals surface area contributed by atoms with E-state index in [0.29, 0.717) is 11.3 Å². The van der Waals surface area contributed by atoms with Crippen molar-refractivity contribution in [2.45, 2.75) is 13.0 Å². The van der Waals surface area contributed by atoms with Gasteiger partial charge in [-0.1, -0.05) is 17.7 Å². The molecule has 22 heavy (non-hydrogen) atoms. The monoisotopic (exact) mass is 325 g/mol. The summed E-state index contributed by atoms with van der Waals surface area (Å²) in [7, 11) is 1.28. The minimum Gasteiger partial charge on any atom is -0.468 e. The third-order valence-electron chi connectivity index (χ3n) is 2.80. The van der Waals surface area contributed by atoms with Crippen molar-refractivity contribution in [2.75, 3.05) is 12.4 Å². The number of amides is 1. The molecular formula is C14H13ClFN3O3. The topological polar surface area (TPSA) is 73.2 Å². The number of hydrogen-bond donors (Lipinski definition) is 1. The van der Waals surface area contributed by atoms with Crippen LogP contribution < -0.4 is 5.32 Å². The predicted octanol–water partition coefficient (Wildman–Crippen LogP) is 2.03. The highest BCUT2D eigenvalue weighted by Crippen LogP contribution is 2.18. The number of nitrogens with one attached hydrogen (secondary N) is 1. The van der Waals surface area contributed by atoms with E-state index in [-0.39, 0.29) is 23.9 Å². The Labute approximate surface area is 130 Å². The first-order chi connectivity index (χ1) is 10.5. The number of carbonyl (C=O) groups excluding carboxylic acids is 2. The molecule has 116 valence electrons.